The minimum Gasteiger partial charge on any atom is -0.208 e. The zero-order valence-electron chi connectivity index (χ0n) is 10.4. The third kappa shape index (κ3) is 3.09. The largest absolute Gasteiger partial charge is 0.240 e. The summed E-state index contributed by atoms with van der Waals surface area (Å²) in [6, 6.07) is 5.08. The van der Waals surface area contributed by atoms with Gasteiger partial charge < -0.3 is 0 Å². The second-order valence-corrected chi connectivity index (χ2v) is 6.66. The lowest BCUT2D eigenvalue weighted by atomic mass is 9.87. The zero-order chi connectivity index (χ0) is 13.2. The Balaban J connectivity index is 2.16. The van der Waals surface area contributed by atoms with E-state index < -0.39 is 15.8 Å². The smallest absolute Gasteiger partial charge is 0.208 e. The second-order valence-electron chi connectivity index (χ2n) is 4.95. The van der Waals surface area contributed by atoms with E-state index in [1.807, 2.05) is 0 Å². The van der Waals surface area contributed by atoms with Crippen LogP contribution in [0.15, 0.2) is 29.2 Å². The van der Waals surface area contributed by atoms with Gasteiger partial charge in [0.05, 0.1) is 4.90 Å². The molecule has 2 atom stereocenters. The van der Waals surface area contributed by atoms with Crippen molar-refractivity contribution in [1.82, 2.24) is 4.72 Å². The standard InChI is InChI=1S/C13H18FNO2S/c1-10-5-2-3-8-13(10)15-18(16,17)12-7-4-6-11(14)9-12/h4,6-7,9-10,13,15H,2-3,5,8H2,1H3/t10-,13+/m0/s1. The monoisotopic (exact) mass is 271 g/mol. The van der Waals surface area contributed by atoms with Crippen molar-refractivity contribution in [2.24, 2.45) is 5.92 Å². The Bertz CT molecular complexity index is 515. The van der Waals surface area contributed by atoms with Gasteiger partial charge in [0.2, 0.25) is 10.0 Å². The predicted molar refractivity (Wildman–Crippen MR) is 68.1 cm³/mol. The molecule has 100 valence electrons. The third-order valence-electron chi connectivity index (χ3n) is 3.52. The summed E-state index contributed by atoms with van der Waals surface area (Å²) in [6.07, 6.45) is 4.09. The Labute approximate surface area is 107 Å². The van der Waals surface area contributed by atoms with Crippen LogP contribution in [-0.2, 0) is 10.0 Å². The summed E-state index contributed by atoms with van der Waals surface area (Å²) in [4.78, 5) is 0.000253. The second kappa shape index (κ2) is 5.36. The molecule has 0 saturated heterocycles. The molecule has 1 fully saturated rings. The van der Waals surface area contributed by atoms with Crippen molar-refractivity contribution >= 4 is 10.0 Å². The Morgan fingerprint density at radius 2 is 2.00 bits per heavy atom. The van der Waals surface area contributed by atoms with Crippen LogP contribution in [0.1, 0.15) is 32.6 Å². The van der Waals surface area contributed by atoms with Gasteiger partial charge in [0.25, 0.3) is 0 Å². The molecule has 1 aromatic carbocycles. The van der Waals surface area contributed by atoms with Crippen LogP contribution in [-0.4, -0.2) is 14.5 Å². The lowest BCUT2D eigenvalue weighted by Gasteiger charge is -2.29. The topological polar surface area (TPSA) is 46.2 Å². The first-order chi connectivity index (χ1) is 8.49. The molecule has 0 aromatic heterocycles. The van der Waals surface area contributed by atoms with Crippen LogP contribution in [0, 0.1) is 11.7 Å². The molecule has 2 rings (SSSR count). The van der Waals surface area contributed by atoms with E-state index in [0.717, 1.165) is 31.7 Å². The summed E-state index contributed by atoms with van der Waals surface area (Å²) in [5, 5.41) is 0. The summed E-state index contributed by atoms with van der Waals surface area (Å²) in [5.41, 5.74) is 0. The van der Waals surface area contributed by atoms with E-state index in [9.17, 15) is 12.8 Å². The van der Waals surface area contributed by atoms with Crippen LogP contribution in [0.4, 0.5) is 4.39 Å². The molecule has 1 aliphatic rings. The van der Waals surface area contributed by atoms with E-state index in [1.165, 1.54) is 18.2 Å². The first kappa shape index (κ1) is 13.5. The van der Waals surface area contributed by atoms with Crippen LogP contribution in [0.3, 0.4) is 0 Å². The molecule has 0 spiro atoms. The molecule has 0 radical (unpaired) electrons. The number of hydrogen-bond donors (Lipinski definition) is 1. The number of halogens is 1. The Kier molecular flexibility index (Phi) is 4.02. The van der Waals surface area contributed by atoms with E-state index in [1.54, 1.807) is 0 Å². The van der Waals surface area contributed by atoms with Gasteiger partial charge in [0.1, 0.15) is 5.82 Å². The van der Waals surface area contributed by atoms with Gasteiger partial charge in [0.15, 0.2) is 0 Å². The predicted octanol–water partition coefficient (Wildman–Crippen LogP) is 2.68. The summed E-state index contributed by atoms with van der Waals surface area (Å²) in [7, 11) is -3.61. The van der Waals surface area contributed by atoms with E-state index in [0.29, 0.717) is 5.92 Å². The van der Waals surface area contributed by atoms with Crippen molar-refractivity contribution in [3.63, 3.8) is 0 Å². The van der Waals surface area contributed by atoms with Crippen molar-refractivity contribution in [3.8, 4) is 0 Å². The van der Waals surface area contributed by atoms with Gasteiger partial charge in [-0.3, -0.25) is 0 Å². The van der Waals surface area contributed by atoms with Crippen molar-refractivity contribution in [2.75, 3.05) is 0 Å². The minimum atomic E-state index is -3.61. The summed E-state index contributed by atoms with van der Waals surface area (Å²) >= 11 is 0. The van der Waals surface area contributed by atoms with Crippen molar-refractivity contribution < 1.29 is 12.8 Å². The third-order valence-corrected chi connectivity index (χ3v) is 5.01. The minimum absolute atomic E-state index is 0.000253. The number of benzene rings is 1. The van der Waals surface area contributed by atoms with Gasteiger partial charge >= 0.3 is 0 Å². The van der Waals surface area contributed by atoms with E-state index >= 15 is 0 Å². The Hall–Kier alpha value is -0.940. The van der Waals surface area contributed by atoms with Gasteiger partial charge in [-0.15, -0.1) is 0 Å². The van der Waals surface area contributed by atoms with Crippen LogP contribution in [0.5, 0.6) is 0 Å². The maximum absolute atomic E-state index is 13.1. The molecular weight excluding hydrogens is 253 g/mol. The molecule has 0 bridgehead atoms. The first-order valence-corrected chi connectivity index (χ1v) is 7.75. The molecule has 0 unspecified atom stereocenters. The molecule has 0 amide bonds. The number of sulfonamides is 1. The summed E-state index contributed by atoms with van der Waals surface area (Å²) in [6.45, 7) is 2.05. The van der Waals surface area contributed by atoms with Crippen LogP contribution < -0.4 is 4.72 Å². The van der Waals surface area contributed by atoms with Gasteiger partial charge in [-0.05, 0) is 37.0 Å². The summed E-state index contributed by atoms with van der Waals surface area (Å²) < 4.78 is 40.0. The zero-order valence-corrected chi connectivity index (χ0v) is 11.2. The molecule has 0 heterocycles. The van der Waals surface area contributed by atoms with E-state index in [2.05, 4.69) is 11.6 Å². The average molecular weight is 271 g/mol. The van der Waals surface area contributed by atoms with Crippen molar-refractivity contribution in [1.29, 1.82) is 0 Å². The van der Waals surface area contributed by atoms with Crippen LogP contribution in [0.2, 0.25) is 0 Å². The lowest BCUT2D eigenvalue weighted by Crippen LogP contribution is -2.40. The fraction of sp³-hybridized carbons (Fsp3) is 0.538. The molecular formula is C13H18FNO2S. The number of rotatable bonds is 3. The highest BCUT2D eigenvalue weighted by Crippen LogP contribution is 2.25. The Morgan fingerprint density at radius 3 is 2.67 bits per heavy atom. The molecule has 1 aromatic rings. The van der Waals surface area contributed by atoms with Gasteiger partial charge in [-0.25, -0.2) is 17.5 Å². The number of nitrogens with one attached hydrogen (secondary N) is 1. The maximum atomic E-state index is 13.1. The molecule has 5 heteroatoms. The van der Waals surface area contributed by atoms with Crippen molar-refractivity contribution in [3.05, 3.63) is 30.1 Å². The molecule has 18 heavy (non-hydrogen) atoms. The molecule has 3 nitrogen and oxygen atoms in total. The number of hydrogen-bond acceptors (Lipinski definition) is 2. The quantitative estimate of drug-likeness (QED) is 0.918. The average Bonchev–Trinajstić information content (AvgIpc) is 2.32. The van der Waals surface area contributed by atoms with Crippen LogP contribution in [0.25, 0.3) is 0 Å². The first-order valence-electron chi connectivity index (χ1n) is 6.27. The molecule has 1 aliphatic carbocycles. The normalized spacial score (nSPS) is 25.0. The van der Waals surface area contributed by atoms with E-state index in [4.69, 9.17) is 0 Å². The summed E-state index contributed by atoms with van der Waals surface area (Å²) in [5.74, 6) is -0.198. The lowest BCUT2D eigenvalue weighted by molar-refractivity contribution is 0.310. The highest BCUT2D eigenvalue weighted by molar-refractivity contribution is 7.89. The highest BCUT2D eigenvalue weighted by atomic mass is 32.2. The van der Waals surface area contributed by atoms with Gasteiger partial charge in [0, 0.05) is 6.04 Å². The van der Waals surface area contributed by atoms with Gasteiger partial charge in [-0.2, -0.15) is 0 Å². The fourth-order valence-electron chi connectivity index (χ4n) is 2.39. The highest BCUT2D eigenvalue weighted by Gasteiger charge is 2.26. The SMILES string of the molecule is C[C@H]1CCCC[C@H]1NS(=O)(=O)c1cccc(F)c1. The van der Waals surface area contributed by atoms with E-state index in [-0.39, 0.29) is 10.9 Å². The molecule has 1 saturated carbocycles. The maximum Gasteiger partial charge on any atom is 0.240 e. The molecule has 0 aliphatic heterocycles. The van der Waals surface area contributed by atoms with Crippen molar-refractivity contribution in [2.45, 2.75) is 43.5 Å². The Morgan fingerprint density at radius 1 is 1.28 bits per heavy atom. The van der Waals surface area contributed by atoms with Gasteiger partial charge in [-0.1, -0.05) is 25.8 Å². The van der Waals surface area contributed by atoms with Crippen LogP contribution >= 0.6 is 0 Å². The fourth-order valence-corrected chi connectivity index (χ4v) is 3.80. The molecule has 1 N–H and O–H groups in total.